The van der Waals surface area contributed by atoms with Gasteiger partial charge in [-0.3, -0.25) is 24.2 Å². The Balaban J connectivity index is 2.95. The highest BCUT2D eigenvalue weighted by molar-refractivity contribution is 7.80. The van der Waals surface area contributed by atoms with Gasteiger partial charge in [-0.2, -0.15) is 12.6 Å². The molecule has 34 heavy (non-hydrogen) atoms. The van der Waals surface area contributed by atoms with Crippen molar-refractivity contribution in [1.82, 2.24) is 15.5 Å². The fourth-order valence-corrected chi connectivity index (χ4v) is 3.67. The molecular formula is C19H34N8O6S. The van der Waals surface area contributed by atoms with Crippen LogP contribution in [0.3, 0.4) is 0 Å². The average Bonchev–Trinajstić information content (AvgIpc) is 3.26. The van der Waals surface area contributed by atoms with Crippen molar-refractivity contribution in [2.45, 2.75) is 62.7 Å². The van der Waals surface area contributed by atoms with Gasteiger partial charge in [0, 0.05) is 25.3 Å². The van der Waals surface area contributed by atoms with E-state index < -0.39 is 53.8 Å². The van der Waals surface area contributed by atoms with Crippen molar-refractivity contribution in [3.05, 3.63) is 0 Å². The molecule has 4 amide bonds. The van der Waals surface area contributed by atoms with Crippen molar-refractivity contribution in [2.75, 3.05) is 18.8 Å². The Hall–Kier alpha value is -3.07. The van der Waals surface area contributed by atoms with Crippen LogP contribution in [0.25, 0.3) is 0 Å². The van der Waals surface area contributed by atoms with Crippen LogP contribution >= 0.6 is 12.6 Å². The molecule has 0 aromatic heterocycles. The smallest absolute Gasteiger partial charge is 0.327 e. The SMILES string of the molecule is NC(=O)CCC(N)C(=O)NC(CCCN=C(N)N)C(=O)N1CCCC1C(=O)NC(CS)C(=O)O. The van der Waals surface area contributed by atoms with Gasteiger partial charge in [-0.15, -0.1) is 0 Å². The molecule has 4 atom stereocenters. The molecule has 0 saturated carbocycles. The molecule has 0 aromatic carbocycles. The third-order valence-electron chi connectivity index (χ3n) is 5.23. The van der Waals surface area contributed by atoms with Gasteiger partial charge in [0.25, 0.3) is 0 Å². The lowest BCUT2D eigenvalue weighted by molar-refractivity contribution is -0.144. The maximum absolute atomic E-state index is 13.3. The third kappa shape index (κ3) is 9.43. The Morgan fingerprint density at radius 1 is 1.09 bits per heavy atom. The zero-order valence-electron chi connectivity index (χ0n) is 18.8. The summed E-state index contributed by atoms with van der Waals surface area (Å²) in [5, 5.41) is 14.1. The summed E-state index contributed by atoms with van der Waals surface area (Å²) in [6, 6.07) is -4.19. The molecular weight excluding hydrogens is 468 g/mol. The molecule has 0 bridgehead atoms. The summed E-state index contributed by atoms with van der Waals surface area (Å²) in [7, 11) is 0. The molecule has 1 aliphatic rings. The fourth-order valence-electron chi connectivity index (χ4n) is 3.43. The number of hydrogen-bond donors (Lipinski definition) is 8. The molecule has 0 aromatic rings. The Morgan fingerprint density at radius 3 is 2.32 bits per heavy atom. The Bertz CT molecular complexity index is 791. The van der Waals surface area contributed by atoms with Crippen molar-refractivity contribution >= 4 is 48.2 Å². The van der Waals surface area contributed by atoms with Gasteiger partial charge in [-0.1, -0.05) is 0 Å². The highest BCUT2D eigenvalue weighted by Gasteiger charge is 2.38. The molecule has 0 aliphatic carbocycles. The number of likely N-dealkylation sites (tertiary alicyclic amines) is 1. The summed E-state index contributed by atoms with van der Waals surface area (Å²) in [4.78, 5) is 65.8. The van der Waals surface area contributed by atoms with E-state index in [0.29, 0.717) is 19.3 Å². The molecule has 192 valence electrons. The summed E-state index contributed by atoms with van der Waals surface area (Å²) in [5.74, 6) is -3.87. The molecule has 0 spiro atoms. The quantitative estimate of drug-likeness (QED) is 0.0509. The Morgan fingerprint density at radius 2 is 1.76 bits per heavy atom. The number of nitrogens with zero attached hydrogens (tertiary/aromatic N) is 2. The average molecular weight is 503 g/mol. The van der Waals surface area contributed by atoms with E-state index in [4.69, 9.17) is 28.0 Å². The van der Waals surface area contributed by atoms with Crippen molar-refractivity contribution in [1.29, 1.82) is 0 Å². The van der Waals surface area contributed by atoms with Crippen molar-refractivity contribution < 1.29 is 29.1 Å². The minimum Gasteiger partial charge on any atom is -0.480 e. The lowest BCUT2D eigenvalue weighted by Gasteiger charge is -2.30. The number of hydrogen-bond acceptors (Lipinski definition) is 8. The molecule has 11 N–H and O–H groups in total. The van der Waals surface area contributed by atoms with Gasteiger partial charge in [0.2, 0.25) is 23.6 Å². The topological polar surface area (TPSA) is 249 Å². The first-order valence-electron chi connectivity index (χ1n) is 10.8. The number of amides is 4. The van der Waals surface area contributed by atoms with E-state index in [-0.39, 0.29) is 44.1 Å². The second-order valence-electron chi connectivity index (χ2n) is 7.89. The van der Waals surface area contributed by atoms with Gasteiger partial charge >= 0.3 is 5.97 Å². The second kappa shape index (κ2) is 14.2. The Labute approximate surface area is 202 Å². The predicted octanol–water partition coefficient (Wildman–Crippen LogP) is -3.39. The number of carboxylic acids is 1. The number of guanidine groups is 1. The van der Waals surface area contributed by atoms with Crippen LogP contribution in [0.15, 0.2) is 4.99 Å². The van der Waals surface area contributed by atoms with Gasteiger partial charge in [0.05, 0.1) is 6.04 Å². The predicted molar refractivity (Wildman–Crippen MR) is 126 cm³/mol. The van der Waals surface area contributed by atoms with Crippen LogP contribution in [-0.4, -0.2) is 88.6 Å². The van der Waals surface area contributed by atoms with Crippen LogP contribution < -0.4 is 33.6 Å². The van der Waals surface area contributed by atoms with Gasteiger partial charge < -0.3 is 43.6 Å². The van der Waals surface area contributed by atoms with Gasteiger partial charge in [0.1, 0.15) is 18.1 Å². The monoisotopic (exact) mass is 502 g/mol. The molecule has 1 rings (SSSR count). The van der Waals surface area contributed by atoms with E-state index in [0.717, 1.165) is 0 Å². The minimum absolute atomic E-state index is 0.00509. The number of thiol groups is 1. The fraction of sp³-hybridized carbons (Fsp3) is 0.684. The van der Waals surface area contributed by atoms with Gasteiger partial charge in [0.15, 0.2) is 5.96 Å². The number of rotatable bonds is 14. The number of nitrogens with two attached hydrogens (primary N) is 4. The molecule has 4 unspecified atom stereocenters. The van der Waals surface area contributed by atoms with Crippen LogP contribution in [0.2, 0.25) is 0 Å². The molecule has 1 aliphatic heterocycles. The third-order valence-corrected chi connectivity index (χ3v) is 5.60. The molecule has 0 radical (unpaired) electrons. The zero-order chi connectivity index (χ0) is 25.8. The molecule has 1 fully saturated rings. The molecule has 14 nitrogen and oxygen atoms in total. The summed E-state index contributed by atoms with van der Waals surface area (Å²) in [5.41, 5.74) is 21.5. The van der Waals surface area contributed by atoms with Crippen LogP contribution in [-0.2, 0) is 24.0 Å². The maximum Gasteiger partial charge on any atom is 0.327 e. The van der Waals surface area contributed by atoms with E-state index >= 15 is 0 Å². The minimum atomic E-state index is -1.24. The van der Waals surface area contributed by atoms with E-state index in [1.165, 1.54) is 4.90 Å². The first kappa shape index (κ1) is 29.0. The van der Waals surface area contributed by atoms with Crippen LogP contribution in [0, 0.1) is 0 Å². The number of carboxylic acid groups (broad SMARTS) is 1. The number of primary amides is 1. The largest absolute Gasteiger partial charge is 0.480 e. The van der Waals surface area contributed by atoms with Crippen LogP contribution in [0.1, 0.15) is 38.5 Å². The molecule has 1 saturated heterocycles. The van der Waals surface area contributed by atoms with Crippen molar-refractivity contribution in [3.63, 3.8) is 0 Å². The highest BCUT2D eigenvalue weighted by Crippen LogP contribution is 2.20. The van der Waals surface area contributed by atoms with Gasteiger partial charge in [-0.05, 0) is 32.1 Å². The molecule has 15 heteroatoms. The number of aliphatic carboxylic acids is 1. The standard InChI is InChI=1S/C19H34N8O6S/c20-10(5-6-14(21)28)15(29)25-11(3-1-7-24-19(22)23)17(31)27-8-2-4-13(27)16(30)26-12(9-34)18(32)33/h10-13,34H,1-9,20H2,(H2,21,28)(H,25,29)(H,26,30)(H,32,33)(H4,22,23,24). The number of carbonyl (C=O) groups is 5. The Kier molecular flexibility index (Phi) is 12.1. The number of nitrogens with one attached hydrogen (secondary N) is 2. The van der Waals surface area contributed by atoms with Crippen molar-refractivity contribution in [3.8, 4) is 0 Å². The summed E-state index contributed by atoms with van der Waals surface area (Å²) in [6.07, 6.45) is 1.27. The number of carbonyl (C=O) groups excluding carboxylic acids is 4. The second-order valence-corrected chi connectivity index (χ2v) is 8.26. The van der Waals surface area contributed by atoms with E-state index in [9.17, 15) is 24.0 Å². The lowest BCUT2D eigenvalue weighted by Crippen LogP contribution is -2.57. The molecule has 1 heterocycles. The van der Waals surface area contributed by atoms with Gasteiger partial charge in [-0.25, -0.2) is 4.79 Å². The zero-order valence-corrected chi connectivity index (χ0v) is 19.7. The van der Waals surface area contributed by atoms with E-state index in [1.807, 2.05) is 0 Å². The number of aliphatic imine (C=N–C) groups is 1. The lowest BCUT2D eigenvalue weighted by atomic mass is 10.1. The highest BCUT2D eigenvalue weighted by atomic mass is 32.1. The first-order valence-corrected chi connectivity index (χ1v) is 11.4. The summed E-state index contributed by atoms with van der Waals surface area (Å²) in [6.45, 7) is 0.464. The van der Waals surface area contributed by atoms with Crippen LogP contribution in [0.4, 0.5) is 0 Å². The van der Waals surface area contributed by atoms with Crippen LogP contribution in [0.5, 0.6) is 0 Å². The first-order chi connectivity index (χ1) is 16.0. The van der Waals surface area contributed by atoms with E-state index in [2.05, 4.69) is 28.3 Å². The van der Waals surface area contributed by atoms with E-state index in [1.54, 1.807) is 0 Å². The van der Waals surface area contributed by atoms with Crippen molar-refractivity contribution in [2.24, 2.45) is 27.9 Å². The maximum atomic E-state index is 13.3. The normalized spacial score (nSPS) is 17.8. The summed E-state index contributed by atoms with van der Waals surface area (Å²) < 4.78 is 0. The summed E-state index contributed by atoms with van der Waals surface area (Å²) >= 11 is 3.92.